The lowest BCUT2D eigenvalue weighted by molar-refractivity contribution is -0.141. The molecule has 1 aromatic heterocycles. The number of alkyl halides is 5. The van der Waals surface area contributed by atoms with Crippen molar-refractivity contribution in [3.63, 3.8) is 0 Å². The van der Waals surface area contributed by atoms with E-state index in [-0.39, 0.29) is 29.5 Å². The van der Waals surface area contributed by atoms with Crippen molar-refractivity contribution in [1.29, 1.82) is 0 Å². The van der Waals surface area contributed by atoms with Crippen LogP contribution in [0.2, 0.25) is 5.02 Å². The lowest BCUT2D eigenvalue weighted by atomic mass is 10.2. The highest BCUT2D eigenvalue weighted by Gasteiger charge is 2.39. The lowest BCUT2D eigenvalue weighted by Gasteiger charge is -2.16. The van der Waals surface area contributed by atoms with Crippen molar-refractivity contribution >= 4 is 23.2 Å². The Labute approximate surface area is 167 Å². The van der Waals surface area contributed by atoms with E-state index in [2.05, 4.69) is 15.2 Å². The third-order valence-electron chi connectivity index (χ3n) is 3.82. The van der Waals surface area contributed by atoms with Crippen LogP contribution in [0, 0.1) is 6.92 Å². The highest BCUT2D eigenvalue weighted by molar-refractivity contribution is 6.32. The normalized spacial score (nSPS) is 12.8. The fourth-order valence-electron chi connectivity index (χ4n) is 2.46. The van der Waals surface area contributed by atoms with Crippen LogP contribution >= 0.6 is 11.6 Å². The zero-order valence-electron chi connectivity index (χ0n) is 15.5. The lowest BCUT2D eigenvalue weighted by Crippen LogP contribution is -2.25. The molecule has 1 atom stereocenters. The molecule has 0 fully saturated rings. The van der Waals surface area contributed by atoms with Gasteiger partial charge in [0.25, 0.3) is 0 Å². The summed E-state index contributed by atoms with van der Waals surface area (Å²) in [7, 11) is 0. The molecule has 0 aliphatic heterocycles. The smallest absolute Gasteiger partial charge is 0.436 e. The van der Waals surface area contributed by atoms with E-state index in [1.54, 1.807) is 6.92 Å². The average molecular weight is 442 g/mol. The molecule has 0 aliphatic rings. The molecule has 29 heavy (non-hydrogen) atoms. The minimum Gasteiger partial charge on any atom is -0.490 e. The average Bonchev–Trinajstić information content (AvgIpc) is 2.92. The Bertz CT molecular complexity index is 886. The Morgan fingerprint density at radius 2 is 1.97 bits per heavy atom. The molecule has 1 unspecified atom stereocenters. The maximum atomic E-state index is 13.0. The summed E-state index contributed by atoms with van der Waals surface area (Å²) >= 11 is 5.70. The van der Waals surface area contributed by atoms with Gasteiger partial charge >= 0.3 is 12.8 Å². The summed E-state index contributed by atoms with van der Waals surface area (Å²) in [5, 5.41) is 5.28. The van der Waals surface area contributed by atoms with Gasteiger partial charge in [-0.2, -0.15) is 27.1 Å². The van der Waals surface area contributed by atoms with Crippen molar-refractivity contribution in [2.24, 2.45) is 0 Å². The third-order valence-corrected chi connectivity index (χ3v) is 4.27. The van der Waals surface area contributed by atoms with Crippen LogP contribution in [-0.2, 0) is 11.0 Å². The quantitative estimate of drug-likeness (QED) is 0.610. The molecule has 1 aromatic carbocycles. The first-order chi connectivity index (χ1) is 13.5. The zero-order chi connectivity index (χ0) is 21.9. The Morgan fingerprint density at radius 1 is 1.31 bits per heavy atom. The van der Waals surface area contributed by atoms with Gasteiger partial charge in [0, 0.05) is 11.8 Å². The van der Waals surface area contributed by atoms with E-state index < -0.39 is 35.5 Å². The second-order valence-electron chi connectivity index (χ2n) is 5.83. The summed E-state index contributed by atoms with van der Waals surface area (Å²) in [4.78, 5) is 12.5. The van der Waals surface area contributed by atoms with Gasteiger partial charge in [-0.3, -0.25) is 9.48 Å². The number of nitrogens with zero attached hydrogens (tertiary/aromatic N) is 2. The molecule has 0 aliphatic carbocycles. The van der Waals surface area contributed by atoms with Gasteiger partial charge in [0.05, 0.1) is 17.3 Å². The van der Waals surface area contributed by atoms with Crippen molar-refractivity contribution < 1.29 is 36.2 Å². The van der Waals surface area contributed by atoms with Crippen molar-refractivity contribution in [1.82, 2.24) is 9.78 Å². The molecule has 12 heteroatoms. The minimum atomic E-state index is -4.77. The Hall–Kier alpha value is -2.56. The predicted molar refractivity (Wildman–Crippen MR) is 94.6 cm³/mol. The summed E-state index contributed by atoms with van der Waals surface area (Å²) in [6.45, 7) is 1.35. The van der Waals surface area contributed by atoms with E-state index in [0.717, 1.165) is 4.68 Å². The number of aromatic nitrogens is 2. The zero-order valence-corrected chi connectivity index (χ0v) is 16.2. The van der Waals surface area contributed by atoms with Gasteiger partial charge in [0.15, 0.2) is 17.2 Å². The number of rotatable bonds is 7. The van der Waals surface area contributed by atoms with Gasteiger partial charge in [-0.05, 0) is 32.9 Å². The number of halogens is 6. The molecule has 0 radical (unpaired) electrons. The van der Waals surface area contributed by atoms with E-state index in [1.165, 1.54) is 32.0 Å². The van der Waals surface area contributed by atoms with Crippen LogP contribution in [0.25, 0.3) is 0 Å². The number of amides is 1. The summed E-state index contributed by atoms with van der Waals surface area (Å²) < 4.78 is 74.2. The van der Waals surface area contributed by atoms with E-state index >= 15 is 0 Å². The number of carbonyl (C=O) groups excluding carboxylic acids is 1. The fraction of sp³-hybridized carbons (Fsp3) is 0.412. The topological polar surface area (TPSA) is 65.4 Å². The number of nitrogens with one attached hydrogen (secondary N) is 1. The molecule has 2 rings (SSSR count). The predicted octanol–water partition coefficient (Wildman–Crippen LogP) is 5.06. The molecule has 0 saturated heterocycles. The summed E-state index contributed by atoms with van der Waals surface area (Å²) in [6, 6.07) is 2.58. The van der Waals surface area contributed by atoms with Gasteiger partial charge in [-0.25, -0.2) is 0 Å². The second kappa shape index (κ2) is 8.85. The number of hydrogen-bond donors (Lipinski definition) is 1. The molecule has 0 spiro atoms. The second-order valence-corrected chi connectivity index (χ2v) is 6.21. The maximum absolute atomic E-state index is 13.0. The van der Waals surface area contributed by atoms with Crippen LogP contribution in [0.15, 0.2) is 18.2 Å². The number of ether oxygens (including phenoxy) is 2. The molecule has 1 amide bonds. The van der Waals surface area contributed by atoms with Crippen molar-refractivity contribution in [3.8, 4) is 11.5 Å². The number of benzene rings is 1. The Kier molecular flexibility index (Phi) is 6.93. The Balaban J connectivity index is 2.25. The molecule has 6 nitrogen and oxygen atoms in total. The van der Waals surface area contributed by atoms with Crippen LogP contribution in [0.5, 0.6) is 11.5 Å². The van der Waals surface area contributed by atoms with E-state index in [0.29, 0.717) is 0 Å². The maximum Gasteiger partial charge on any atom is 0.436 e. The molecule has 160 valence electrons. The summed E-state index contributed by atoms with van der Waals surface area (Å²) in [5.41, 5.74) is -1.15. The first kappa shape index (κ1) is 22.7. The Morgan fingerprint density at radius 3 is 2.48 bits per heavy atom. The van der Waals surface area contributed by atoms with Crippen LogP contribution in [0.4, 0.5) is 27.6 Å². The van der Waals surface area contributed by atoms with Crippen LogP contribution in [-0.4, -0.2) is 28.9 Å². The van der Waals surface area contributed by atoms with Gasteiger partial charge in [0.2, 0.25) is 5.91 Å². The van der Waals surface area contributed by atoms with Gasteiger partial charge in [0.1, 0.15) is 6.04 Å². The highest BCUT2D eigenvalue weighted by atomic mass is 35.5. The number of hydrogen-bond acceptors (Lipinski definition) is 4. The highest BCUT2D eigenvalue weighted by Crippen LogP contribution is 2.36. The summed E-state index contributed by atoms with van der Waals surface area (Å²) in [6.07, 6.45) is -4.77. The summed E-state index contributed by atoms with van der Waals surface area (Å²) in [5.74, 6) is -0.959. The third kappa shape index (κ3) is 5.28. The molecule has 2 aromatic rings. The molecular formula is C17H17ClF5N3O3. The van der Waals surface area contributed by atoms with E-state index in [4.69, 9.17) is 16.3 Å². The fourth-order valence-corrected chi connectivity index (χ4v) is 2.69. The van der Waals surface area contributed by atoms with Crippen molar-refractivity contribution in [3.05, 3.63) is 34.6 Å². The first-order valence-corrected chi connectivity index (χ1v) is 8.67. The van der Waals surface area contributed by atoms with E-state index in [1.807, 2.05) is 0 Å². The minimum absolute atomic E-state index is 0.0303. The monoisotopic (exact) mass is 441 g/mol. The van der Waals surface area contributed by atoms with Crippen LogP contribution in [0.3, 0.4) is 0 Å². The SMILES string of the molecule is CCOc1cc(NC(=O)C(C)n2nc(C(F)(F)F)c(Cl)c2C)ccc1OC(F)F. The largest absolute Gasteiger partial charge is 0.490 e. The first-order valence-electron chi connectivity index (χ1n) is 8.30. The number of carbonyl (C=O) groups is 1. The van der Waals surface area contributed by atoms with Crippen molar-refractivity contribution in [2.75, 3.05) is 11.9 Å². The van der Waals surface area contributed by atoms with Gasteiger partial charge < -0.3 is 14.8 Å². The molecule has 1 N–H and O–H groups in total. The van der Waals surface area contributed by atoms with Crippen molar-refractivity contribution in [2.45, 2.75) is 39.6 Å². The molecular weight excluding hydrogens is 425 g/mol. The molecule has 0 saturated carbocycles. The van der Waals surface area contributed by atoms with Gasteiger partial charge in [-0.15, -0.1) is 0 Å². The molecule has 1 heterocycles. The van der Waals surface area contributed by atoms with Crippen LogP contribution in [0.1, 0.15) is 31.3 Å². The standard InChI is InChI=1S/C17H17ClF5N3O3/c1-4-28-12-7-10(5-6-11(12)29-16(19)20)24-15(27)9(3)26-8(2)13(18)14(25-26)17(21,22)23/h5-7,9,16H,4H2,1-3H3,(H,24,27). The van der Waals surface area contributed by atoms with Gasteiger partial charge in [-0.1, -0.05) is 11.6 Å². The van der Waals surface area contributed by atoms with Crippen LogP contribution < -0.4 is 14.8 Å². The molecule has 0 bridgehead atoms. The number of anilines is 1. The van der Waals surface area contributed by atoms with E-state index in [9.17, 15) is 26.7 Å².